The van der Waals surface area contributed by atoms with Crippen LogP contribution in [0.25, 0.3) is 0 Å². The van der Waals surface area contributed by atoms with Crippen LogP contribution in [0.4, 0.5) is 4.79 Å². The van der Waals surface area contributed by atoms with Crippen molar-refractivity contribution in [3.05, 3.63) is 0 Å². The summed E-state index contributed by atoms with van der Waals surface area (Å²) in [4.78, 5) is 23.5. The number of hydrogen-bond acceptors (Lipinski definition) is 5. The van der Waals surface area contributed by atoms with Gasteiger partial charge in [0, 0.05) is 19.3 Å². The van der Waals surface area contributed by atoms with E-state index < -0.39 is 11.7 Å². The molecule has 1 heterocycles. The zero-order valence-electron chi connectivity index (χ0n) is 12.0. The van der Waals surface area contributed by atoms with Crippen molar-refractivity contribution in [3.8, 4) is 0 Å². The molecule has 110 valence electrons. The summed E-state index contributed by atoms with van der Waals surface area (Å²) >= 11 is 0. The molecule has 0 aromatic heterocycles. The molecule has 0 bridgehead atoms. The van der Waals surface area contributed by atoms with E-state index in [2.05, 4.69) is 5.32 Å². The molecule has 1 rings (SSSR count). The van der Waals surface area contributed by atoms with Crippen LogP contribution in [-0.2, 0) is 19.0 Å². The van der Waals surface area contributed by atoms with Gasteiger partial charge in [0.1, 0.15) is 5.60 Å². The molecule has 0 aliphatic carbocycles. The van der Waals surface area contributed by atoms with E-state index in [4.69, 9.17) is 14.2 Å². The maximum Gasteiger partial charge on any atom is 0.407 e. The zero-order chi connectivity index (χ0) is 14.5. The van der Waals surface area contributed by atoms with Crippen LogP contribution in [0.1, 0.15) is 33.6 Å². The Bertz CT molecular complexity index is 323. The molecule has 1 aliphatic rings. The Balaban J connectivity index is 2.65. The third-order valence-corrected chi connectivity index (χ3v) is 2.84. The molecule has 1 aliphatic heterocycles. The van der Waals surface area contributed by atoms with Crippen molar-refractivity contribution in [3.63, 3.8) is 0 Å². The van der Waals surface area contributed by atoms with Crippen molar-refractivity contribution in [2.75, 3.05) is 20.3 Å². The fourth-order valence-corrected chi connectivity index (χ4v) is 1.99. The Labute approximate surface area is 113 Å². The summed E-state index contributed by atoms with van der Waals surface area (Å²) < 4.78 is 15.3. The number of carbonyl (C=O) groups excluding carboxylic acids is 2. The van der Waals surface area contributed by atoms with Crippen molar-refractivity contribution in [2.24, 2.45) is 5.92 Å². The second-order valence-electron chi connectivity index (χ2n) is 5.57. The average molecular weight is 273 g/mol. The molecule has 1 amide bonds. The quantitative estimate of drug-likeness (QED) is 0.771. The van der Waals surface area contributed by atoms with Gasteiger partial charge in [-0.1, -0.05) is 0 Å². The third kappa shape index (κ3) is 5.46. The molecule has 0 saturated carbocycles. The SMILES string of the molecule is COC(=O)C1CCOCCC1NC(=O)OC(C)(C)C. The van der Waals surface area contributed by atoms with Crippen LogP contribution in [-0.4, -0.2) is 44.0 Å². The molecule has 1 saturated heterocycles. The molecule has 0 spiro atoms. The normalized spacial score (nSPS) is 24.2. The van der Waals surface area contributed by atoms with Gasteiger partial charge in [0.05, 0.1) is 13.0 Å². The molecule has 2 unspecified atom stereocenters. The number of carbonyl (C=O) groups is 2. The number of amides is 1. The number of hydrogen-bond donors (Lipinski definition) is 1. The lowest BCUT2D eigenvalue weighted by Crippen LogP contribution is -2.45. The lowest BCUT2D eigenvalue weighted by molar-refractivity contribution is -0.146. The van der Waals surface area contributed by atoms with Gasteiger partial charge in [0.25, 0.3) is 0 Å². The summed E-state index contributed by atoms with van der Waals surface area (Å²) in [5, 5.41) is 2.74. The molecule has 0 radical (unpaired) electrons. The standard InChI is InChI=1S/C13H23NO5/c1-13(2,3)19-12(16)14-10-6-8-18-7-5-9(10)11(15)17-4/h9-10H,5-8H2,1-4H3,(H,14,16). The van der Waals surface area contributed by atoms with Crippen LogP contribution in [0.5, 0.6) is 0 Å². The van der Waals surface area contributed by atoms with Crippen LogP contribution in [0, 0.1) is 5.92 Å². The van der Waals surface area contributed by atoms with E-state index >= 15 is 0 Å². The van der Waals surface area contributed by atoms with E-state index in [-0.39, 0.29) is 17.9 Å². The predicted molar refractivity (Wildman–Crippen MR) is 68.7 cm³/mol. The molecular formula is C13H23NO5. The summed E-state index contributed by atoms with van der Waals surface area (Å²) in [6.45, 7) is 6.38. The van der Waals surface area contributed by atoms with E-state index in [9.17, 15) is 9.59 Å². The Morgan fingerprint density at radius 2 is 1.84 bits per heavy atom. The van der Waals surface area contributed by atoms with Crippen LogP contribution >= 0.6 is 0 Å². The van der Waals surface area contributed by atoms with E-state index in [1.54, 1.807) is 20.8 Å². The summed E-state index contributed by atoms with van der Waals surface area (Å²) in [6.07, 6.45) is 0.583. The van der Waals surface area contributed by atoms with Gasteiger partial charge in [0.2, 0.25) is 0 Å². The largest absolute Gasteiger partial charge is 0.469 e. The minimum Gasteiger partial charge on any atom is -0.469 e. The first-order valence-corrected chi connectivity index (χ1v) is 6.48. The molecule has 0 aromatic carbocycles. The highest BCUT2D eigenvalue weighted by Crippen LogP contribution is 2.19. The van der Waals surface area contributed by atoms with Crippen molar-refractivity contribution in [1.29, 1.82) is 0 Å². The van der Waals surface area contributed by atoms with Gasteiger partial charge in [-0.3, -0.25) is 4.79 Å². The minimum absolute atomic E-state index is 0.315. The third-order valence-electron chi connectivity index (χ3n) is 2.84. The first kappa shape index (κ1) is 15.8. The van der Waals surface area contributed by atoms with E-state index in [0.29, 0.717) is 26.1 Å². The molecule has 0 aromatic rings. The molecule has 1 N–H and O–H groups in total. The van der Waals surface area contributed by atoms with Crippen LogP contribution < -0.4 is 5.32 Å². The number of ether oxygens (including phenoxy) is 3. The van der Waals surface area contributed by atoms with Gasteiger partial charge in [-0.25, -0.2) is 4.79 Å². The fraction of sp³-hybridized carbons (Fsp3) is 0.846. The number of nitrogens with one attached hydrogen (secondary N) is 1. The smallest absolute Gasteiger partial charge is 0.407 e. The number of rotatable bonds is 2. The molecule has 6 heteroatoms. The maximum absolute atomic E-state index is 11.8. The molecule has 19 heavy (non-hydrogen) atoms. The van der Waals surface area contributed by atoms with Crippen LogP contribution in [0.15, 0.2) is 0 Å². The highest BCUT2D eigenvalue weighted by Gasteiger charge is 2.33. The summed E-state index contributed by atoms with van der Waals surface area (Å²) in [7, 11) is 1.35. The Hall–Kier alpha value is -1.30. The van der Waals surface area contributed by atoms with Crippen molar-refractivity contribution in [2.45, 2.75) is 45.3 Å². The summed E-state index contributed by atoms with van der Waals surface area (Å²) in [6, 6.07) is -0.315. The van der Waals surface area contributed by atoms with Crippen LogP contribution in [0.3, 0.4) is 0 Å². The Morgan fingerprint density at radius 3 is 2.42 bits per heavy atom. The maximum atomic E-state index is 11.8. The fourth-order valence-electron chi connectivity index (χ4n) is 1.99. The van der Waals surface area contributed by atoms with Crippen molar-refractivity contribution in [1.82, 2.24) is 5.32 Å². The van der Waals surface area contributed by atoms with Crippen LogP contribution in [0.2, 0.25) is 0 Å². The Kier molecular flexibility index (Phi) is 5.60. The predicted octanol–water partition coefficient (Wildman–Crippen LogP) is 1.48. The highest BCUT2D eigenvalue weighted by atomic mass is 16.6. The summed E-state index contributed by atoms with van der Waals surface area (Å²) in [5.41, 5.74) is -0.563. The van der Waals surface area contributed by atoms with Gasteiger partial charge in [-0.05, 0) is 33.6 Å². The van der Waals surface area contributed by atoms with Gasteiger partial charge >= 0.3 is 12.1 Å². The Morgan fingerprint density at radius 1 is 1.21 bits per heavy atom. The number of esters is 1. The van der Waals surface area contributed by atoms with Gasteiger partial charge in [0.15, 0.2) is 0 Å². The second kappa shape index (κ2) is 6.75. The first-order valence-electron chi connectivity index (χ1n) is 6.48. The van der Waals surface area contributed by atoms with E-state index in [1.165, 1.54) is 7.11 Å². The molecule has 2 atom stereocenters. The summed E-state index contributed by atoms with van der Waals surface area (Å²) in [5.74, 6) is -0.716. The monoisotopic (exact) mass is 273 g/mol. The van der Waals surface area contributed by atoms with Crippen molar-refractivity contribution >= 4 is 12.1 Å². The zero-order valence-corrected chi connectivity index (χ0v) is 12.0. The highest BCUT2D eigenvalue weighted by molar-refractivity contribution is 5.75. The van der Waals surface area contributed by atoms with E-state index in [0.717, 1.165) is 0 Å². The topological polar surface area (TPSA) is 73.9 Å². The van der Waals surface area contributed by atoms with E-state index in [1.807, 2.05) is 0 Å². The minimum atomic E-state index is -0.563. The molecular weight excluding hydrogens is 250 g/mol. The van der Waals surface area contributed by atoms with Gasteiger partial charge in [-0.2, -0.15) is 0 Å². The number of alkyl carbamates (subject to hydrolysis) is 1. The first-order chi connectivity index (χ1) is 8.83. The lowest BCUT2D eigenvalue weighted by atomic mass is 9.95. The molecule has 1 fully saturated rings. The number of methoxy groups -OCH3 is 1. The van der Waals surface area contributed by atoms with Gasteiger partial charge in [-0.15, -0.1) is 0 Å². The average Bonchev–Trinajstić information content (AvgIpc) is 2.51. The molecule has 6 nitrogen and oxygen atoms in total. The van der Waals surface area contributed by atoms with Crippen molar-refractivity contribution < 1.29 is 23.8 Å². The lowest BCUT2D eigenvalue weighted by Gasteiger charge is -2.26. The van der Waals surface area contributed by atoms with Gasteiger partial charge < -0.3 is 19.5 Å². The second-order valence-corrected chi connectivity index (χ2v) is 5.57.